The predicted molar refractivity (Wildman–Crippen MR) is 116 cm³/mol. The van der Waals surface area contributed by atoms with Crippen LogP contribution in [0.4, 0.5) is 0 Å². The van der Waals surface area contributed by atoms with Gasteiger partial charge >= 0.3 is 0 Å². The summed E-state index contributed by atoms with van der Waals surface area (Å²) in [6.07, 6.45) is 4.81. The van der Waals surface area contributed by atoms with E-state index < -0.39 is 0 Å². The summed E-state index contributed by atoms with van der Waals surface area (Å²) in [4.78, 5) is 22.7. The van der Waals surface area contributed by atoms with Crippen LogP contribution in [0.5, 0.6) is 0 Å². The lowest BCUT2D eigenvalue weighted by Gasteiger charge is -2.28. The molecule has 0 spiro atoms. The highest BCUT2D eigenvalue weighted by Crippen LogP contribution is 2.26. The Kier molecular flexibility index (Phi) is 4.84. The van der Waals surface area contributed by atoms with Gasteiger partial charge in [0.05, 0.1) is 11.0 Å². The molecule has 1 amide bonds. The normalized spacial score (nSPS) is 20.0. The third-order valence-electron chi connectivity index (χ3n) is 6.39. The number of aromatic nitrogens is 2. The van der Waals surface area contributed by atoms with Crippen LogP contribution in [0.25, 0.3) is 16.7 Å². The van der Waals surface area contributed by atoms with Crippen molar-refractivity contribution in [3.8, 4) is 5.69 Å². The molecule has 0 bridgehead atoms. The lowest BCUT2D eigenvalue weighted by molar-refractivity contribution is 0.0709. The highest BCUT2D eigenvalue weighted by atomic mass is 16.2. The van der Waals surface area contributed by atoms with Gasteiger partial charge in [0, 0.05) is 30.4 Å². The van der Waals surface area contributed by atoms with Gasteiger partial charge in [-0.1, -0.05) is 18.2 Å². The first-order chi connectivity index (χ1) is 14.2. The molecule has 150 valence electrons. The fraction of sp³-hybridized carbons (Fsp3) is 0.417. The van der Waals surface area contributed by atoms with Crippen molar-refractivity contribution in [2.45, 2.75) is 38.6 Å². The summed E-state index contributed by atoms with van der Waals surface area (Å²) in [5.41, 5.74) is 3.77. The lowest BCUT2D eigenvalue weighted by Crippen LogP contribution is -2.42. The molecule has 5 rings (SSSR count). The molecule has 2 aliphatic rings. The van der Waals surface area contributed by atoms with Gasteiger partial charge in [0.15, 0.2) is 0 Å². The summed E-state index contributed by atoms with van der Waals surface area (Å²) in [7, 11) is 0. The molecule has 0 aliphatic carbocycles. The average Bonchev–Trinajstić information content (AvgIpc) is 3.48. The zero-order valence-corrected chi connectivity index (χ0v) is 17.1. The van der Waals surface area contributed by atoms with E-state index in [1.807, 2.05) is 43.3 Å². The number of benzene rings is 2. The molecule has 2 saturated heterocycles. The van der Waals surface area contributed by atoms with Crippen molar-refractivity contribution >= 4 is 16.9 Å². The molecule has 5 nitrogen and oxygen atoms in total. The van der Waals surface area contributed by atoms with Crippen molar-refractivity contribution in [1.29, 1.82) is 0 Å². The van der Waals surface area contributed by atoms with E-state index in [-0.39, 0.29) is 5.91 Å². The summed E-state index contributed by atoms with van der Waals surface area (Å²) in [5.74, 6) is 1.09. The lowest BCUT2D eigenvalue weighted by atomic mass is 10.1. The molecular formula is C24H28N4O. The van der Waals surface area contributed by atoms with Crippen molar-refractivity contribution in [2.24, 2.45) is 0 Å². The number of amides is 1. The molecule has 5 heteroatoms. The zero-order valence-electron chi connectivity index (χ0n) is 17.1. The average molecular weight is 389 g/mol. The molecule has 2 aliphatic heterocycles. The number of imidazole rings is 1. The van der Waals surface area contributed by atoms with E-state index in [2.05, 4.69) is 26.5 Å². The number of nitrogens with zero attached hydrogens (tertiary/aromatic N) is 4. The Labute approximate surface area is 171 Å². The smallest absolute Gasteiger partial charge is 0.254 e. The second kappa shape index (κ2) is 7.64. The highest BCUT2D eigenvalue weighted by Gasteiger charge is 2.31. The molecule has 2 fully saturated rings. The van der Waals surface area contributed by atoms with E-state index in [0.29, 0.717) is 6.04 Å². The van der Waals surface area contributed by atoms with Gasteiger partial charge in [-0.15, -0.1) is 0 Å². The molecule has 1 atom stereocenters. The molecule has 0 N–H and O–H groups in total. The molecule has 3 aromatic rings. The van der Waals surface area contributed by atoms with Crippen molar-refractivity contribution in [3.63, 3.8) is 0 Å². The Hall–Kier alpha value is -2.66. The number of hydrogen-bond acceptors (Lipinski definition) is 3. The van der Waals surface area contributed by atoms with Crippen LogP contribution in [0.15, 0.2) is 48.5 Å². The Morgan fingerprint density at radius 1 is 1.03 bits per heavy atom. The second-order valence-electron chi connectivity index (χ2n) is 8.34. The highest BCUT2D eigenvalue weighted by molar-refractivity contribution is 5.98. The zero-order chi connectivity index (χ0) is 19.8. The van der Waals surface area contributed by atoms with Gasteiger partial charge in [-0.25, -0.2) is 4.98 Å². The third kappa shape index (κ3) is 3.44. The van der Waals surface area contributed by atoms with E-state index in [0.717, 1.165) is 54.0 Å². The van der Waals surface area contributed by atoms with Gasteiger partial charge in [0.2, 0.25) is 0 Å². The fourth-order valence-electron chi connectivity index (χ4n) is 4.96. The maximum absolute atomic E-state index is 13.3. The quantitative estimate of drug-likeness (QED) is 0.677. The minimum absolute atomic E-state index is 0.153. The fourth-order valence-corrected chi connectivity index (χ4v) is 4.96. The van der Waals surface area contributed by atoms with Gasteiger partial charge in [-0.05, 0) is 76.0 Å². The number of carbonyl (C=O) groups is 1. The molecule has 0 radical (unpaired) electrons. The third-order valence-corrected chi connectivity index (χ3v) is 6.39. The van der Waals surface area contributed by atoms with E-state index in [1.165, 1.54) is 25.9 Å². The Morgan fingerprint density at radius 3 is 2.62 bits per heavy atom. The maximum atomic E-state index is 13.3. The number of carbonyl (C=O) groups excluding carboxylic acids is 1. The number of para-hydroxylation sites is 1. The molecule has 29 heavy (non-hydrogen) atoms. The van der Waals surface area contributed by atoms with E-state index in [1.54, 1.807) is 0 Å². The van der Waals surface area contributed by atoms with Crippen molar-refractivity contribution < 1.29 is 4.79 Å². The van der Waals surface area contributed by atoms with Gasteiger partial charge in [-0.3, -0.25) is 9.36 Å². The predicted octanol–water partition coefficient (Wildman–Crippen LogP) is 4.03. The summed E-state index contributed by atoms with van der Waals surface area (Å²) in [6, 6.07) is 16.6. The Balaban J connectivity index is 1.42. The Morgan fingerprint density at radius 2 is 1.83 bits per heavy atom. The van der Waals surface area contributed by atoms with Crippen LogP contribution < -0.4 is 0 Å². The monoisotopic (exact) mass is 388 g/mol. The summed E-state index contributed by atoms with van der Waals surface area (Å²) < 4.78 is 2.15. The summed E-state index contributed by atoms with van der Waals surface area (Å²) >= 11 is 0. The van der Waals surface area contributed by atoms with E-state index >= 15 is 0 Å². The number of aryl methyl sites for hydroxylation is 1. The van der Waals surface area contributed by atoms with Crippen LogP contribution in [0.2, 0.25) is 0 Å². The summed E-state index contributed by atoms with van der Waals surface area (Å²) in [6.45, 7) is 6.27. The number of likely N-dealkylation sites (tertiary alicyclic amines) is 2. The molecule has 1 aromatic heterocycles. The molecule has 0 saturated carbocycles. The van der Waals surface area contributed by atoms with E-state index in [4.69, 9.17) is 4.98 Å². The van der Waals surface area contributed by atoms with Crippen LogP contribution in [0.1, 0.15) is 41.9 Å². The number of fused-ring (bicyclic) bond motifs is 1. The largest absolute Gasteiger partial charge is 0.334 e. The molecule has 1 unspecified atom stereocenters. The standard InChI is InChI=1S/C24H28N4O/c1-18-25-22-16-19(11-12-23(22)28(18)20-8-3-2-4-9-20)24(29)27-15-7-10-21(27)17-26-13-5-6-14-26/h2-4,8-9,11-12,16,21H,5-7,10,13-15,17H2,1H3. The first kappa shape index (κ1) is 18.4. The second-order valence-corrected chi connectivity index (χ2v) is 8.34. The topological polar surface area (TPSA) is 41.4 Å². The van der Waals surface area contributed by atoms with Gasteiger partial charge in [-0.2, -0.15) is 0 Å². The first-order valence-corrected chi connectivity index (χ1v) is 10.8. The number of hydrogen-bond donors (Lipinski definition) is 0. The van der Waals surface area contributed by atoms with Crippen LogP contribution in [0, 0.1) is 6.92 Å². The molecular weight excluding hydrogens is 360 g/mol. The molecule has 2 aromatic carbocycles. The van der Waals surface area contributed by atoms with Crippen LogP contribution in [-0.4, -0.2) is 57.5 Å². The Bertz CT molecular complexity index is 1020. The van der Waals surface area contributed by atoms with Gasteiger partial charge in [0.1, 0.15) is 5.82 Å². The van der Waals surface area contributed by atoms with Crippen LogP contribution in [0.3, 0.4) is 0 Å². The van der Waals surface area contributed by atoms with Crippen LogP contribution >= 0.6 is 0 Å². The summed E-state index contributed by atoms with van der Waals surface area (Å²) in [5, 5.41) is 0. The molecule has 3 heterocycles. The van der Waals surface area contributed by atoms with Crippen molar-refractivity contribution in [3.05, 3.63) is 59.9 Å². The van der Waals surface area contributed by atoms with Crippen molar-refractivity contribution in [2.75, 3.05) is 26.2 Å². The van der Waals surface area contributed by atoms with Gasteiger partial charge in [0.25, 0.3) is 5.91 Å². The minimum atomic E-state index is 0.153. The van der Waals surface area contributed by atoms with E-state index in [9.17, 15) is 4.79 Å². The first-order valence-electron chi connectivity index (χ1n) is 10.8. The van der Waals surface area contributed by atoms with Gasteiger partial charge < -0.3 is 9.80 Å². The minimum Gasteiger partial charge on any atom is -0.334 e. The van der Waals surface area contributed by atoms with Crippen molar-refractivity contribution in [1.82, 2.24) is 19.4 Å². The number of rotatable bonds is 4. The maximum Gasteiger partial charge on any atom is 0.254 e. The van der Waals surface area contributed by atoms with Crippen LogP contribution in [-0.2, 0) is 0 Å². The SMILES string of the molecule is Cc1nc2cc(C(=O)N3CCCC3CN3CCCC3)ccc2n1-c1ccccc1.